The molecule has 14 nitrogen and oxygen atoms in total. The Morgan fingerprint density at radius 1 is 0.879 bits per heavy atom. The van der Waals surface area contributed by atoms with Gasteiger partial charge in [0.15, 0.2) is 5.78 Å². The number of fused-ring (bicyclic) bond motifs is 4. The molecule has 0 amide bonds. The largest absolute Gasteiger partial charge is 0.481 e. The van der Waals surface area contributed by atoms with Crippen molar-refractivity contribution >= 4 is 57.3 Å². The summed E-state index contributed by atoms with van der Waals surface area (Å²) in [4.78, 5) is 66.2. The van der Waals surface area contributed by atoms with Crippen molar-refractivity contribution in [3.63, 3.8) is 0 Å². The minimum atomic E-state index is -2.68. The van der Waals surface area contributed by atoms with Gasteiger partial charge in [0.25, 0.3) is 11.4 Å². The number of aliphatic hydroxyl groups is 1. The van der Waals surface area contributed by atoms with Crippen LogP contribution in [0, 0.1) is 31.6 Å². The number of rotatable bonds is 13. The standard InChI is InChI=1S/C44H44N4O10/c1-42(2)23-35-39(29-13-8-10-15-34(29)45-35)28(12-6-5-7-17-38(49)50)31(42)21-32-40(51)33(44(32,54)41(52)53)22-37-43(3,4)30-14-9-11-16-36(30)46(37)24-25-18-26(47(55)56)20-27(19-25)48(57)58/h8-11,13-16,18-23,31,37,45,54H,5-7,12,17,24H2,1-4H3,(H,49,50)(H,52,53). The number of para-hydroxylation sites is 2. The van der Waals surface area contributed by atoms with E-state index >= 15 is 0 Å². The fourth-order valence-electron chi connectivity index (χ4n) is 9.16. The number of benzene rings is 3. The number of allylic oxidation sites excluding steroid dienone is 1. The second-order valence-corrected chi connectivity index (χ2v) is 16.6. The molecule has 3 aliphatic rings. The van der Waals surface area contributed by atoms with Crippen LogP contribution in [-0.4, -0.2) is 59.5 Å². The molecule has 3 aromatic carbocycles. The van der Waals surface area contributed by atoms with E-state index in [2.05, 4.69) is 11.1 Å². The van der Waals surface area contributed by atoms with Crippen molar-refractivity contribution in [2.75, 3.05) is 4.90 Å². The number of carbonyl (C=O) groups is 3. The Kier molecular flexibility index (Phi) is 9.96. The summed E-state index contributed by atoms with van der Waals surface area (Å²) in [6.45, 7) is 7.72. The molecule has 1 fully saturated rings. The van der Waals surface area contributed by atoms with Crippen molar-refractivity contribution in [1.29, 1.82) is 0 Å². The van der Waals surface area contributed by atoms with Crippen molar-refractivity contribution in [2.45, 2.75) is 83.4 Å². The number of non-ortho nitro benzene ring substituents is 2. The molecule has 2 heterocycles. The number of hydrogen-bond acceptors (Lipinski definition) is 9. The highest BCUT2D eigenvalue weighted by Gasteiger charge is 2.60. The van der Waals surface area contributed by atoms with Crippen molar-refractivity contribution < 1.29 is 39.5 Å². The molecule has 1 aliphatic heterocycles. The van der Waals surface area contributed by atoms with Crippen molar-refractivity contribution in [3.05, 3.63) is 132 Å². The number of carboxylic acid groups (broad SMARTS) is 2. The molecule has 0 radical (unpaired) electrons. The molecule has 4 aromatic rings. The number of Topliss-reactive ketones (excluding diaryl/α,β-unsaturated/α-hetero) is 1. The quantitative estimate of drug-likeness (QED) is 0.0516. The van der Waals surface area contributed by atoms with Crippen molar-refractivity contribution in [3.8, 4) is 0 Å². The fraction of sp³-hybridized carbons (Fsp3) is 0.341. The van der Waals surface area contributed by atoms with Gasteiger partial charge >= 0.3 is 11.9 Å². The van der Waals surface area contributed by atoms with Crippen molar-refractivity contribution in [1.82, 2.24) is 4.98 Å². The van der Waals surface area contributed by atoms with Crippen LogP contribution in [0.1, 0.15) is 70.9 Å². The van der Waals surface area contributed by atoms with Crippen LogP contribution in [0.3, 0.4) is 0 Å². The molecule has 4 N–H and O–H groups in total. The molecule has 0 saturated heterocycles. The topological polar surface area (TPSA) is 217 Å². The summed E-state index contributed by atoms with van der Waals surface area (Å²) in [5.41, 5.74) is -2.01. The van der Waals surface area contributed by atoms with Gasteiger partial charge in [-0.1, -0.05) is 94.3 Å². The third-order valence-corrected chi connectivity index (χ3v) is 12.0. The molecule has 0 spiro atoms. The van der Waals surface area contributed by atoms with Gasteiger partial charge in [0.2, 0.25) is 5.60 Å². The zero-order chi connectivity index (χ0) is 41.9. The molecule has 3 atom stereocenters. The minimum Gasteiger partial charge on any atom is -0.481 e. The number of H-pyrrole nitrogens is 1. The lowest BCUT2D eigenvalue weighted by Gasteiger charge is -2.42. The number of nitrogens with zero attached hydrogens (tertiary/aromatic N) is 3. The summed E-state index contributed by atoms with van der Waals surface area (Å²) in [6.07, 6.45) is 7.49. The van der Waals surface area contributed by atoms with Crippen molar-refractivity contribution in [2.24, 2.45) is 11.3 Å². The van der Waals surface area contributed by atoms with Gasteiger partial charge in [0.05, 0.1) is 22.0 Å². The molecular formula is C44H44N4O10. The summed E-state index contributed by atoms with van der Waals surface area (Å²) in [5, 5.41) is 58.4. The lowest BCUT2D eigenvalue weighted by atomic mass is 9.62. The van der Waals surface area contributed by atoms with Crippen LogP contribution in [0.25, 0.3) is 22.6 Å². The van der Waals surface area contributed by atoms with Gasteiger partial charge in [0, 0.05) is 74.7 Å². The summed E-state index contributed by atoms with van der Waals surface area (Å²) in [6, 6.07) is 17.7. The highest BCUT2D eigenvalue weighted by molar-refractivity contribution is 6.27. The number of aliphatic carboxylic acids is 2. The Morgan fingerprint density at radius 2 is 1.52 bits per heavy atom. The van der Waals surface area contributed by atoms with E-state index in [4.69, 9.17) is 0 Å². The fourth-order valence-corrected chi connectivity index (χ4v) is 9.16. The van der Waals surface area contributed by atoms with E-state index in [0.29, 0.717) is 31.4 Å². The third-order valence-electron chi connectivity index (χ3n) is 12.0. The SMILES string of the molecule is CC1(C)C=c2[nH]c3ccccc3c2=C(CCCCCC(=O)O)C1C=C1C(=O)C(=CC2N(Cc3cc([N+](=O)[O-])cc([N+](=O)[O-])c3)c3ccccc3C2(C)C)C1(O)C(=O)O. The van der Waals surface area contributed by atoms with E-state index in [1.54, 1.807) is 12.1 Å². The summed E-state index contributed by atoms with van der Waals surface area (Å²) < 4.78 is 0. The van der Waals surface area contributed by atoms with Gasteiger partial charge in [0.1, 0.15) is 0 Å². The number of unbranched alkanes of at least 4 members (excludes halogenated alkanes) is 2. The van der Waals surface area contributed by atoms with Gasteiger partial charge < -0.3 is 25.2 Å². The van der Waals surface area contributed by atoms with Gasteiger partial charge in [-0.2, -0.15) is 0 Å². The summed E-state index contributed by atoms with van der Waals surface area (Å²) >= 11 is 0. The first-order valence-corrected chi connectivity index (χ1v) is 19.1. The van der Waals surface area contributed by atoms with Crippen LogP contribution < -0.4 is 15.5 Å². The highest BCUT2D eigenvalue weighted by Crippen LogP contribution is 2.51. The van der Waals surface area contributed by atoms with Gasteiger partial charge in [-0.25, -0.2) is 4.79 Å². The van der Waals surface area contributed by atoms with E-state index in [-0.39, 0.29) is 29.7 Å². The molecule has 3 unspecified atom stereocenters. The first-order valence-electron chi connectivity index (χ1n) is 19.1. The molecule has 58 heavy (non-hydrogen) atoms. The molecule has 1 saturated carbocycles. The monoisotopic (exact) mass is 788 g/mol. The average molecular weight is 789 g/mol. The second-order valence-electron chi connectivity index (χ2n) is 16.6. The van der Waals surface area contributed by atoms with Crippen LogP contribution in [0.2, 0.25) is 0 Å². The van der Waals surface area contributed by atoms with Crippen LogP contribution in [-0.2, 0) is 26.3 Å². The van der Waals surface area contributed by atoms with E-state index in [1.807, 2.05) is 75.1 Å². The zero-order valence-electron chi connectivity index (χ0n) is 32.5. The Hall–Kier alpha value is -6.41. The number of carbonyl (C=O) groups excluding carboxylic acids is 1. The van der Waals surface area contributed by atoms with E-state index < -0.39 is 67.3 Å². The first kappa shape index (κ1) is 39.8. The Morgan fingerprint density at radius 3 is 2.17 bits per heavy atom. The predicted octanol–water partition coefficient (Wildman–Crippen LogP) is 6.22. The van der Waals surface area contributed by atoms with Gasteiger partial charge in [-0.3, -0.25) is 29.8 Å². The lowest BCUT2D eigenvalue weighted by molar-refractivity contribution is -0.394. The smallest absolute Gasteiger partial charge is 0.345 e. The van der Waals surface area contributed by atoms with Crippen LogP contribution in [0.4, 0.5) is 17.1 Å². The van der Waals surface area contributed by atoms with E-state index in [1.165, 1.54) is 18.2 Å². The van der Waals surface area contributed by atoms with Crippen LogP contribution in [0.5, 0.6) is 0 Å². The Bertz CT molecular complexity index is 2590. The molecule has 14 heteroatoms. The Labute approximate surface area is 332 Å². The van der Waals surface area contributed by atoms with Crippen LogP contribution >= 0.6 is 0 Å². The number of aromatic nitrogens is 1. The maximum atomic E-state index is 14.4. The number of nitro benzene ring substituents is 2. The number of ketones is 1. The molecule has 0 bridgehead atoms. The number of aromatic amines is 1. The second kappa shape index (κ2) is 14.5. The molecule has 2 aliphatic carbocycles. The molecular weight excluding hydrogens is 745 g/mol. The lowest BCUT2D eigenvalue weighted by Crippen LogP contribution is -2.58. The Balaban J connectivity index is 1.32. The summed E-state index contributed by atoms with van der Waals surface area (Å²) in [5.74, 6) is -3.65. The predicted molar refractivity (Wildman–Crippen MR) is 216 cm³/mol. The van der Waals surface area contributed by atoms with E-state index in [0.717, 1.165) is 38.7 Å². The minimum absolute atomic E-state index is 0.0428. The number of anilines is 1. The van der Waals surface area contributed by atoms with E-state index in [9.17, 15) is 49.9 Å². The average Bonchev–Trinajstić information content (AvgIpc) is 3.62. The van der Waals surface area contributed by atoms with Gasteiger partial charge in [-0.05, 0) is 47.9 Å². The molecule has 7 rings (SSSR count). The highest BCUT2D eigenvalue weighted by atomic mass is 16.6. The van der Waals surface area contributed by atoms with Gasteiger partial charge in [-0.15, -0.1) is 0 Å². The maximum absolute atomic E-state index is 14.4. The number of nitrogens with one attached hydrogen (secondary N) is 1. The number of carboxylic acids is 2. The zero-order valence-corrected chi connectivity index (χ0v) is 32.5. The number of nitro groups is 2. The molecule has 300 valence electrons. The summed E-state index contributed by atoms with van der Waals surface area (Å²) in [7, 11) is 0. The number of hydrogen-bond donors (Lipinski definition) is 4. The first-order chi connectivity index (χ1) is 27.4. The van der Waals surface area contributed by atoms with Crippen LogP contribution in [0.15, 0.2) is 90.0 Å². The normalized spacial score (nSPS) is 23.0. The third kappa shape index (κ3) is 6.66. The molecule has 1 aromatic heterocycles. The maximum Gasteiger partial charge on any atom is 0.345 e.